The Hall–Kier alpha value is -3.15. The molecule has 0 unspecified atom stereocenters. The molecule has 0 aliphatic carbocycles. The molecule has 1 aromatic heterocycles. The highest BCUT2D eigenvalue weighted by atomic mass is 19.1. The molecule has 3 aromatic rings. The monoisotopic (exact) mass is 354 g/mol. The van der Waals surface area contributed by atoms with Crippen LogP contribution in [0.15, 0.2) is 48.5 Å². The van der Waals surface area contributed by atoms with Crippen LogP contribution in [0.25, 0.3) is 10.9 Å². The normalized spacial score (nSPS) is 10.7. The third-order valence-corrected chi connectivity index (χ3v) is 4.18. The van der Waals surface area contributed by atoms with Gasteiger partial charge in [-0.1, -0.05) is 18.2 Å². The van der Waals surface area contributed by atoms with Crippen LogP contribution in [0.3, 0.4) is 0 Å². The molecule has 1 N–H and O–H groups in total. The van der Waals surface area contributed by atoms with E-state index in [1.165, 1.54) is 29.2 Å². The van der Waals surface area contributed by atoms with Crippen molar-refractivity contribution in [3.8, 4) is 0 Å². The number of anilines is 1. The minimum Gasteiger partial charge on any atom is -0.452 e. The fourth-order valence-electron chi connectivity index (χ4n) is 2.94. The molecule has 0 fully saturated rings. The first-order valence-corrected chi connectivity index (χ1v) is 8.31. The van der Waals surface area contributed by atoms with Gasteiger partial charge in [0.25, 0.3) is 5.91 Å². The quantitative estimate of drug-likeness (QED) is 0.709. The number of H-pyrrole nitrogens is 1. The second-order valence-corrected chi connectivity index (χ2v) is 5.86. The number of carbonyl (C=O) groups excluding carboxylic acids is 2. The van der Waals surface area contributed by atoms with Gasteiger partial charge in [0.15, 0.2) is 6.61 Å². The van der Waals surface area contributed by atoms with Gasteiger partial charge in [-0.25, -0.2) is 9.18 Å². The van der Waals surface area contributed by atoms with Gasteiger partial charge in [0, 0.05) is 28.8 Å². The number of aromatic nitrogens is 1. The van der Waals surface area contributed by atoms with Gasteiger partial charge in [0.05, 0.1) is 5.56 Å². The van der Waals surface area contributed by atoms with Crippen LogP contribution in [-0.4, -0.2) is 30.0 Å². The van der Waals surface area contributed by atoms with Crippen LogP contribution in [-0.2, 0) is 9.53 Å². The molecule has 6 heteroatoms. The summed E-state index contributed by atoms with van der Waals surface area (Å²) >= 11 is 0. The fraction of sp³-hybridized carbons (Fsp3) is 0.200. The van der Waals surface area contributed by atoms with E-state index in [4.69, 9.17) is 4.74 Å². The van der Waals surface area contributed by atoms with Crippen molar-refractivity contribution in [3.05, 3.63) is 65.6 Å². The highest BCUT2D eigenvalue weighted by Gasteiger charge is 2.20. The predicted octanol–water partition coefficient (Wildman–Crippen LogP) is 3.83. The van der Waals surface area contributed by atoms with Crippen molar-refractivity contribution in [2.75, 3.05) is 18.1 Å². The van der Waals surface area contributed by atoms with Crippen LogP contribution in [0.2, 0.25) is 0 Å². The number of nitrogens with zero attached hydrogens (tertiary/aromatic N) is 1. The number of esters is 1. The van der Waals surface area contributed by atoms with E-state index in [9.17, 15) is 14.0 Å². The molecular weight excluding hydrogens is 335 g/mol. The third kappa shape index (κ3) is 3.44. The van der Waals surface area contributed by atoms with Gasteiger partial charge in [0.1, 0.15) is 5.82 Å². The van der Waals surface area contributed by atoms with E-state index in [0.717, 1.165) is 10.9 Å². The van der Waals surface area contributed by atoms with Gasteiger partial charge >= 0.3 is 5.97 Å². The summed E-state index contributed by atoms with van der Waals surface area (Å²) in [5.41, 5.74) is 2.51. The van der Waals surface area contributed by atoms with E-state index >= 15 is 0 Å². The predicted molar refractivity (Wildman–Crippen MR) is 97.7 cm³/mol. The summed E-state index contributed by atoms with van der Waals surface area (Å²) in [5, 5.41) is 0.758. The Labute approximate surface area is 150 Å². The molecule has 2 aromatic carbocycles. The molecule has 134 valence electrons. The molecule has 0 aliphatic heterocycles. The summed E-state index contributed by atoms with van der Waals surface area (Å²) in [4.78, 5) is 29.5. The standard InChI is InChI=1S/C20H19FN2O3/c1-3-23(15-10-8-14(21)9-11-15)18(24)12-26-20(25)19-13(2)22-17-7-5-4-6-16(17)19/h4-11,22H,3,12H2,1-2H3. The Morgan fingerprint density at radius 1 is 1.12 bits per heavy atom. The maximum Gasteiger partial charge on any atom is 0.341 e. The Morgan fingerprint density at radius 2 is 1.81 bits per heavy atom. The van der Waals surface area contributed by atoms with Gasteiger partial charge in [-0.05, 0) is 44.2 Å². The highest BCUT2D eigenvalue weighted by Crippen LogP contribution is 2.22. The third-order valence-electron chi connectivity index (χ3n) is 4.18. The van der Waals surface area contributed by atoms with Crippen molar-refractivity contribution < 1.29 is 18.7 Å². The first-order valence-electron chi connectivity index (χ1n) is 8.31. The molecule has 1 amide bonds. The Bertz CT molecular complexity index is 947. The zero-order valence-corrected chi connectivity index (χ0v) is 14.6. The number of halogens is 1. The number of carbonyl (C=O) groups is 2. The van der Waals surface area contributed by atoms with Crippen LogP contribution in [0.4, 0.5) is 10.1 Å². The van der Waals surface area contributed by atoms with Crippen molar-refractivity contribution in [2.45, 2.75) is 13.8 Å². The average molecular weight is 354 g/mol. The van der Waals surface area contributed by atoms with Crippen LogP contribution in [0, 0.1) is 12.7 Å². The maximum absolute atomic E-state index is 13.1. The first-order chi connectivity index (χ1) is 12.5. The Morgan fingerprint density at radius 3 is 2.50 bits per heavy atom. The molecule has 1 heterocycles. The van der Waals surface area contributed by atoms with Gasteiger partial charge in [-0.2, -0.15) is 0 Å². The summed E-state index contributed by atoms with van der Waals surface area (Å²) in [5.74, 6) is -1.30. The van der Waals surface area contributed by atoms with E-state index in [1.54, 1.807) is 13.8 Å². The zero-order chi connectivity index (χ0) is 18.7. The van der Waals surface area contributed by atoms with Crippen molar-refractivity contribution >= 4 is 28.5 Å². The summed E-state index contributed by atoms with van der Waals surface area (Å²) in [6.45, 7) is 3.58. The summed E-state index contributed by atoms with van der Waals surface area (Å²) in [6, 6.07) is 13.0. The number of para-hydroxylation sites is 1. The number of nitrogens with one attached hydrogen (secondary N) is 1. The molecule has 0 aliphatic rings. The van der Waals surface area contributed by atoms with Gasteiger partial charge < -0.3 is 14.6 Å². The first kappa shape index (κ1) is 17.7. The number of benzene rings is 2. The van der Waals surface area contributed by atoms with Gasteiger partial charge in [-0.3, -0.25) is 4.79 Å². The van der Waals surface area contributed by atoms with Crippen LogP contribution in [0.5, 0.6) is 0 Å². The molecule has 0 saturated carbocycles. The van der Waals surface area contributed by atoms with Crippen LogP contribution in [0.1, 0.15) is 23.0 Å². The minimum atomic E-state index is -0.552. The van der Waals surface area contributed by atoms with Crippen molar-refractivity contribution in [3.63, 3.8) is 0 Å². The van der Waals surface area contributed by atoms with Crippen molar-refractivity contribution in [2.24, 2.45) is 0 Å². The molecule has 5 nitrogen and oxygen atoms in total. The zero-order valence-electron chi connectivity index (χ0n) is 14.6. The fourth-order valence-corrected chi connectivity index (χ4v) is 2.94. The lowest BCUT2D eigenvalue weighted by molar-refractivity contribution is -0.121. The number of hydrogen-bond acceptors (Lipinski definition) is 3. The maximum atomic E-state index is 13.1. The number of likely N-dealkylation sites (N-methyl/N-ethyl adjacent to an activating group) is 1. The number of hydrogen-bond donors (Lipinski definition) is 1. The topological polar surface area (TPSA) is 62.4 Å². The molecular formula is C20H19FN2O3. The molecule has 0 spiro atoms. The van der Waals surface area contributed by atoms with E-state index < -0.39 is 5.97 Å². The molecule has 0 saturated heterocycles. The Kier molecular flexibility index (Phi) is 5.02. The number of fused-ring (bicyclic) bond motifs is 1. The Balaban J connectivity index is 1.72. The second kappa shape index (κ2) is 7.39. The van der Waals surface area contributed by atoms with Crippen molar-refractivity contribution in [1.82, 2.24) is 4.98 Å². The average Bonchev–Trinajstić information content (AvgIpc) is 2.97. The van der Waals surface area contributed by atoms with E-state index in [0.29, 0.717) is 23.5 Å². The number of ether oxygens (including phenoxy) is 1. The van der Waals surface area contributed by atoms with Crippen LogP contribution >= 0.6 is 0 Å². The van der Waals surface area contributed by atoms with Gasteiger partial charge in [-0.15, -0.1) is 0 Å². The van der Waals surface area contributed by atoms with Crippen molar-refractivity contribution in [1.29, 1.82) is 0 Å². The molecule has 0 radical (unpaired) electrons. The molecule has 0 bridgehead atoms. The number of rotatable bonds is 5. The SMILES string of the molecule is CCN(C(=O)COC(=O)c1c(C)[nH]c2ccccc12)c1ccc(F)cc1. The molecule has 3 rings (SSSR count). The minimum absolute atomic E-state index is 0.370. The number of amides is 1. The van der Waals surface area contributed by atoms with E-state index in [-0.39, 0.29) is 18.3 Å². The second-order valence-electron chi connectivity index (χ2n) is 5.86. The summed E-state index contributed by atoms with van der Waals surface area (Å²) in [7, 11) is 0. The molecule has 26 heavy (non-hydrogen) atoms. The lowest BCUT2D eigenvalue weighted by Crippen LogP contribution is -2.34. The number of aryl methyl sites for hydroxylation is 1. The smallest absolute Gasteiger partial charge is 0.341 e. The number of aromatic amines is 1. The highest BCUT2D eigenvalue weighted by molar-refractivity contribution is 6.06. The van der Waals surface area contributed by atoms with Crippen LogP contribution < -0.4 is 4.90 Å². The largest absolute Gasteiger partial charge is 0.452 e. The van der Waals surface area contributed by atoms with E-state index in [1.807, 2.05) is 24.3 Å². The summed E-state index contributed by atoms with van der Waals surface area (Å²) in [6.07, 6.45) is 0. The lowest BCUT2D eigenvalue weighted by atomic mass is 10.1. The molecule has 0 atom stereocenters. The van der Waals surface area contributed by atoms with E-state index in [2.05, 4.69) is 4.98 Å². The lowest BCUT2D eigenvalue weighted by Gasteiger charge is -2.20. The van der Waals surface area contributed by atoms with Gasteiger partial charge in [0.2, 0.25) is 0 Å². The summed E-state index contributed by atoms with van der Waals surface area (Å²) < 4.78 is 18.3.